The Kier molecular flexibility index (Phi) is 5.31. The summed E-state index contributed by atoms with van der Waals surface area (Å²) in [5.74, 6) is 0.0764. The number of alkyl carbamates (subject to hydrolysis) is 1. The number of carbonyl (C=O) groups is 1. The molecule has 0 spiro atoms. The van der Waals surface area contributed by atoms with Gasteiger partial charge in [-0.25, -0.2) is 9.18 Å². The Morgan fingerprint density at radius 3 is 2.70 bits per heavy atom. The van der Waals surface area contributed by atoms with E-state index in [1.807, 2.05) is 0 Å². The van der Waals surface area contributed by atoms with Crippen LogP contribution in [0.25, 0.3) is 0 Å². The van der Waals surface area contributed by atoms with Crippen LogP contribution in [-0.4, -0.2) is 23.3 Å². The van der Waals surface area contributed by atoms with Gasteiger partial charge in [-0.05, 0) is 51.8 Å². The number of hydrogen-bond acceptors (Lipinski definition) is 3. The lowest BCUT2D eigenvalue weighted by Crippen LogP contribution is -2.38. The van der Waals surface area contributed by atoms with E-state index in [0.717, 1.165) is 0 Å². The van der Waals surface area contributed by atoms with Crippen LogP contribution in [0.2, 0.25) is 0 Å². The van der Waals surface area contributed by atoms with Crippen molar-refractivity contribution in [3.8, 4) is 5.75 Å². The predicted molar refractivity (Wildman–Crippen MR) is 87.8 cm³/mol. The van der Waals surface area contributed by atoms with Crippen molar-refractivity contribution in [2.75, 3.05) is 0 Å². The van der Waals surface area contributed by atoms with Gasteiger partial charge in [0.25, 0.3) is 0 Å². The van der Waals surface area contributed by atoms with Crippen LogP contribution in [0.5, 0.6) is 5.75 Å². The first-order valence-electron chi connectivity index (χ1n) is 7.33. The van der Waals surface area contributed by atoms with E-state index in [1.165, 1.54) is 12.1 Å². The average molecular weight is 364 g/mol. The SMILES string of the molecule is CC(Cc1cc(F)cc2c1OC(Cl)C2Cl)NC(=O)OC(C)(C)C. The van der Waals surface area contributed by atoms with Crippen molar-refractivity contribution in [3.63, 3.8) is 0 Å². The van der Waals surface area contributed by atoms with E-state index in [2.05, 4.69) is 5.32 Å². The lowest BCUT2D eigenvalue weighted by atomic mass is 10.0. The van der Waals surface area contributed by atoms with E-state index in [4.69, 9.17) is 32.7 Å². The summed E-state index contributed by atoms with van der Waals surface area (Å²) in [5, 5.41) is 2.11. The summed E-state index contributed by atoms with van der Waals surface area (Å²) in [4.78, 5) is 11.8. The first-order chi connectivity index (χ1) is 10.6. The summed E-state index contributed by atoms with van der Waals surface area (Å²) in [6, 6.07) is 2.41. The standard InChI is InChI=1S/C16H20Cl2FNO3/c1-8(20-15(21)23-16(2,3)4)5-9-6-10(19)7-11-12(17)14(18)22-13(9)11/h6-8,12,14H,5H2,1-4H3,(H,20,21). The largest absolute Gasteiger partial charge is 0.472 e. The van der Waals surface area contributed by atoms with Gasteiger partial charge in [0.15, 0.2) is 5.56 Å². The molecule has 0 bridgehead atoms. The Morgan fingerprint density at radius 1 is 1.43 bits per heavy atom. The highest BCUT2D eigenvalue weighted by Crippen LogP contribution is 2.45. The lowest BCUT2D eigenvalue weighted by Gasteiger charge is -2.22. The number of hydrogen-bond donors (Lipinski definition) is 1. The summed E-state index contributed by atoms with van der Waals surface area (Å²) in [5.41, 5.74) is -0.171. The minimum atomic E-state index is -0.735. The highest BCUT2D eigenvalue weighted by atomic mass is 35.5. The molecule has 3 unspecified atom stereocenters. The fourth-order valence-electron chi connectivity index (χ4n) is 2.38. The Morgan fingerprint density at radius 2 is 2.09 bits per heavy atom. The van der Waals surface area contributed by atoms with Crippen LogP contribution in [0, 0.1) is 5.82 Å². The van der Waals surface area contributed by atoms with Gasteiger partial charge in [0, 0.05) is 11.6 Å². The topological polar surface area (TPSA) is 47.6 Å². The van der Waals surface area contributed by atoms with E-state index in [-0.39, 0.29) is 6.04 Å². The zero-order chi connectivity index (χ0) is 17.4. The molecule has 1 aliphatic heterocycles. The van der Waals surface area contributed by atoms with Crippen molar-refractivity contribution in [3.05, 3.63) is 29.1 Å². The number of carbonyl (C=O) groups excluding carboxylic acids is 1. The molecule has 1 aromatic carbocycles. The van der Waals surface area contributed by atoms with Crippen molar-refractivity contribution in [2.24, 2.45) is 0 Å². The molecule has 0 aliphatic carbocycles. The molecule has 1 aromatic rings. The zero-order valence-electron chi connectivity index (χ0n) is 13.5. The monoisotopic (exact) mass is 363 g/mol. The smallest absolute Gasteiger partial charge is 0.407 e. The molecule has 4 nitrogen and oxygen atoms in total. The first-order valence-corrected chi connectivity index (χ1v) is 8.21. The number of amides is 1. The molecular weight excluding hydrogens is 344 g/mol. The second-order valence-electron chi connectivity index (χ2n) is 6.61. The Bertz CT molecular complexity index is 604. The quantitative estimate of drug-likeness (QED) is 0.803. The average Bonchev–Trinajstić information content (AvgIpc) is 2.64. The highest BCUT2D eigenvalue weighted by Gasteiger charge is 2.34. The van der Waals surface area contributed by atoms with E-state index in [9.17, 15) is 9.18 Å². The van der Waals surface area contributed by atoms with Crippen LogP contribution in [0.15, 0.2) is 12.1 Å². The number of rotatable bonds is 3. The van der Waals surface area contributed by atoms with E-state index < -0.39 is 28.5 Å². The van der Waals surface area contributed by atoms with Gasteiger partial charge >= 0.3 is 6.09 Å². The van der Waals surface area contributed by atoms with Crippen LogP contribution < -0.4 is 10.1 Å². The molecule has 0 saturated carbocycles. The van der Waals surface area contributed by atoms with E-state index >= 15 is 0 Å². The van der Waals surface area contributed by atoms with Gasteiger partial charge in [0.2, 0.25) is 0 Å². The lowest BCUT2D eigenvalue weighted by molar-refractivity contribution is 0.0508. The molecule has 0 aromatic heterocycles. The minimum Gasteiger partial charge on any atom is -0.472 e. The van der Waals surface area contributed by atoms with Crippen LogP contribution in [0.3, 0.4) is 0 Å². The number of benzene rings is 1. The molecule has 23 heavy (non-hydrogen) atoms. The Hall–Kier alpha value is -1.20. The molecule has 1 N–H and O–H groups in total. The van der Waals surface area contributed by atoms with Crippen molar-refractivity contribution < 1.29 is 18.7 Å². The van der Waals surface area contributed by atoms with Crippen molar-refractivity contribution >= 4 is 29.3 Å². The summed E-state index contributed by atoms with van der Waals surface area (Å²) in [6.45, 7) is 7.15. The molecule has 1 heterocycles. The van der Waals surface area contributed by atoms with Gasteiger partial charge < -0.3 is 14.8 Å². The molecule has 0 fully saturated rings. The highest BCUT2D eigenvalue weighted by molar-refractivity contribution is 6.30. The summed E-state index contributed by atoms with van der Waals surface area (Å²) >= 11 is 12.1. The minimum absolute atomic E-state index is 0.275. The van der Waals surface area contributed by atoms with Gasteiger partial charge in [-0.2, -0.15) is 0 Å². The van der Waals surface area contributed by atoms with Crippen LogP contribution >= 0.6 is 23.2 Å². The summed E-state index contributed by atoms with van der Waals surface area (Å²) < 4.78 is 24.5. The first kappa shape index (κ1) is 18.1. The fraction of sp³-hybridized carbons (Fsp3) is 0.562. The van der Waals surface area contributed by atoms with Crippen molar-refractivity contribution in [2.45, 2.75) is 56.7 Å². The maximum atomic E-state index is 13.8. The van der Waals surface area contributed by atoms with Gasteiger partial charge in [-0.1, -0.05) is 11.6 Å². The van der Waals surface area contributed by atoms with Crippen LogP contribution in [0.1, 0.15) is 44.2 Å². The Labute approximate surface area is 145 Å². The van der Waals surface area contributed by atoms with E-state index in [1.54, 1.807) is 27.7 Å². The third-order valence-electron chi connectivity index (χ3n) is 3.21. The Balaban J connectivity index is 2.09. The zero-order valence-corrected chi connectivity index (χ0v) is 15.0. The van der Waals surface area contributed by atoms with Crippen molar-refractivity contribution in [1.82, 2.24) is 5.32 Å². The fourth-order valence-corrected chi connectivity index (χ4v) is 2.81. The number of fused-ring (bicyclic) bond motifs is 1. The summed E-state index contributed by atoms with van der Waals surface area (Å²) in [7, 11) is 0. The number of nitrogens with one attached hydrogen (secondary N) is 1. The molecule has 3 atom stereocenters. The van der Waals surface area contributed by atoms with Gasteiger partial charge in [0.1, 0.15) is 22.5 Å². The van der Waals surface area contributed by atoms with Gasteiger partial charge in [-0.15, -0.1) is 11.6 Å². The molecule has 7 heteroatoms. The maximum absolute atomic E-state index is 13.8. The normalized spacial score (nSPS) is 21.3. The van der Waals surface area contributed by atoms with Gasteiger partial charge in [0.05, 0.1) is 0 Å². The third kappa shape index (κ3) is 4.64. The van der Waals surface area contributed by atoms with Crippen molar-refractivity contribution in [1.29, 1.82) is 0 Å². The molecule has 2 rings (SSSR count). The predicted octanol–water partition coefficient (Wildman–Crippen LogP) is 4.52. The van der Waals surface area contributed by atoms with Crippen LogP contribution in [0.4, 0.5) is 9.18 Å². The van der Waals surface area contributed by atoms with Crippen LogP contribution in [-0.2, 0) is 11.2 Å². The maximum Gasteiger partial charge on any atom is 0.407 e. The molecule has 0 saturated heterocycles. The second-order valence-corrected chi connectivity index (χ2v) is 7.51. The number of alkyl halides is 2. The summed E-state index contributed by atoms with van der Waals surface area (Å²) in [6.07, 6.45) is -0.156. The molecule has 0 radical (unpaired) electrons. The van der Waals surface area contributed by atoms with Gasteiger partial charge in [-0.3, -0.25) is 0 Å². The number of halogens is 3. The molecular formula is C16H20Cl2FNO3. The molecule has 1 amide bonds. The third-order valence-corrected chi connectivity index (χ3v) is 4.14. The number of ether oxygens (including phenoxy) is 2. The molecule has 128 valence electrons. The van der Waals surface area contributed by atoms with E-state index in [0.29, 0.717) is 23.3 Å². The molecule has 1 aliphatic rings. The second kappa shape index (κ2) is 6.73.